The second-order valence-corrected chi connectivity index (χ2v) is 8.16. The molecule has 3 atom stereocenters. The molecular formula is C24H27N3O3. The summed E-state index contributed by atoms with van der Waals surface area (Å²) in [7, 11) is 1.59. The number of rotatable bonds is 4. The van der Waals surface area contributed by atoms with Crippen molar-refractivity contribution >= 4 is 16.7 Å². The monoisotopic (exact) mass is 405 g/mol. The van der Waals surface area contributed by atoms with E-state index in [1.165, 1.54) is 11.1 Å². The summed E-state index contributed by atoms with van der Waals surface area (Å²) in [6, 6.07) is 14.3. The zero-order valence-corrected chi connectivity index (χ0v) is 17.6. The zero-order chi connectivity index (χ0) is 21.3. The topological polar surface area (TPSA) is 73.2 Å². The Kier molecular flexibility index (Phi) is 5.57. The van der Waals surface area contributed by atoms with Gasteiger partial charge in [-0.25, -0.2) is 0 Å². The minimum atomic E-state index is -0.257. The molecule has 1 aliphatic rings. The second kappa shape index (κ2) is 8.30. The highest BCUT2D eigenvalue weighted by atomic mass is 16.5. The first kappa shape index (κ1) is 20.1. The number of aromatic nitrogens is 2. The molecule has 0 spiro atoms. The lowest BCUT2D eigenvalue weighted by atomic mass is 9.78. The third kappa shape index (κ3) is 3.70. The number of nitrogens with one attached hydrogen (secondary N) is 1. The van der Waals surface area contributed by atoms with Gasteiger partial charge in [0, 0.05) is 11.4 Å². The number of methoxy groups -OCH3 is 1. The van der Waals surface area contributed by atoms with Gasteiger partial charge in [-0.15, -0.1) is 0 Å². The molecule has 1 N–H and O–H groups in total. The number of hydrogen-bond acceptors (Lipinski definition) is 4. The molecule has 1 heterocycles. The fraction of sp³-hybridized carbons (Fsp3) is 0.375. The third-order valence-corrected chi connectivity index (χ3v) is 6.36. The quantitative estimate of drug-likeness (QED) is 0.713. The van der Waals surface area contributed by atoms with E-state index < -0.39 is 0 Å². The van der Waals surface area contributed by atoms with E-state index in [1.54, 1.807) is 49.6 Å². The maximum absolute atomic E-state index is 13.3. The van der Waals surface area contributed by atoms with Crippen molar-refractivity contribution in [3.63, 3.8) is 0 Å². The molecule has 6 nitrogen and oxygen atoms in total. The van der Waals surface area contributed by atoms with Crippen molar-refractivity contribution in [2.45, 2.75) is 39.2 Å². The van der Waals surface area contributed by atoms with Crippen molar-refractivity contribution in [3.05, 3.63) is 64.6 Å². The SMILES string of the molecule is COc1ccc(-n2nc(C(=O)NC3CCCC(C)C3C)c3ccccc3c2=O)cc1. The van der Waals surface area contributed by atoms with Gasteiger partial charge in [0.1, 0.15) is 5.75 Å². The number of benzene rings is 2. The summed E-state index contributed by atoms with van der Waals surface area (Å²) >= 11 is 0. The van der Waals surface area contributed by atoms with E-state index in [0.29, 0.717) is 34.0 Å². The van der Waals surface area contributed by atoms with E-state index in [4.69, 9.17) is 4.74 Å². The lowest BCUT2D eigenvalue weighted by Crippen LogP contribution is -2.44. The van der Waals surface area contributed by atoms with Crippen molar-refractivity contribution in [1.82, 2.24) is 15.1 Å². The molecular weight excluding hydrogens is 378 g/mol. The van der Waals surface area contributed by atoms with Crippen molar-refractivity contribution in [3.8, 4) is 11.4 Å². The first-order valence-electron chi connectivity index (χ1n) is 10.5. The summed E-state index contributed by atoms with van der Waals surface area (Å²) in [5.41, 5.74) is 0.596. The Morgan fingerprint density at radius 1 is 1.07 bits per heavy atom. The van der Waals surface area contributed by atoms with Crippen LogP contribution in [-0.2, 0) is 0 Å². The highest BCUT2D eigenvalue weighted by molar-refractivity contribution is 6.05. The standard InChI is InChI=1S/C24H27N3O3/c1-15-7-6-10-21(16(15)2)25-23(28)22-19-8-4-5-9-20(19)24(29)27(26-22)17-11-13-18(30-3)14-12-17/h4-5,8-9,11-16,21H,6-7,10H2,1-3H3,(H,25,28). The highest BCUT2D eigenvalue weighted by Crippen LogP contribution is 2.30. The summed E-state index contributed by atoms with van der Waals surface area (Å²) < 4.78 is 6.49. The molecule has 1 amide bonds. The fourth-order valence-electron chi connectivity index (χ4n) is 4.28. The van der Waals surface area contributed by atoms with E-state index in [2.05, 4.69) is 24.3 Å². The van der Waals surface area contributed by atoms with Gasteiger partial charge in [0.2, 0.25) is 0 Å². The Morgan fingerprint density at radius 3 is 2.47 bits per heavy atom. The van der Waals surface area contributed by atoms with E-state index >= 15 is 0 Å². The maximum atomic E-state index is 13.3. The molecule has 3 unspecified atom stereocenters. The summed E-state index contributed by atoms with van der Waals surface area (Å²) in [6.07, 6.45) is 3.26. The number of hydrogen-bond donors (Lipinski definition) is 1. The zero-order valence-electron chi connectivity index (χ0n) is 17.6. The minimum absolute atomic E-state index is 0.114. The van der Waals surface area contributed by atoms with Gasteiger partial charge in [-0.1, -0.05) is 44.9 Å². The molecule has 0 aliphatic heterocycles. The van der Waals surface area contributed by atoms with Gasteiger partial charge in [0.15, 0.2) is 5.69 Å². The average molecular weight is 405 g/mol. The van der Waals surface area contributed by atoms with E-state index in [0.717, 1.165) is 12.8 Å². The van der Waals surface area contributed by atoms with Gasteiger partial charge in [-0.05, 0) is 48.6 Å². The first-order chi connectivity index (χ1) is 14.5. The number of fused-ring (bicyclic) bond motifs is 1. The molecule has 3 aromatic rings. The Bertz CT molecular complexity index is 1120. The van der Waals surface area contributed by atoms with Crippen LogP contribution in [0.2, 0.25) is 0 Å². The molecule has 1 fully saturated rings. The van der Waals surface area contributed by atoms with Gasteiger partial charge in [-0.3, -0.25) is 9.59 Å². The van der Waals surface area contributed by atoms with Crippen LogP contribution in [0.4, 0.5) is 0 Å². The molecule has 1 saturated carbocycles. The fourth-order valence-corrected chi connectivity index (χ4v) is 4.28. The molecule has 0 saturated heterocycles. The molecule has 156 valence electrons. The third-order valence-electron chi connectivity index (χ3n) is 6.36. The summed E-state index contributed by atoms with van der Waals surface area (Å²) in [5.74, 6) is 1.42. The summed E-state index contributed by atoms with van der Waals surface area (Å²) in [6.45, 7) is 4.43. The average Bonchev–Trinajstić information content (AvgIpc) is 2.77. The summed E-state index contributed by atoms with van der Waals surface area (Å²) in [5, 5.41) is 8.72. The van der Waals surface area contributed by atoms with Gasteiger partial charge in [0.05, 0.1) is 18.2 Å². The van der Waals surface area contributed by atoms with Crippen molar-refractivity contribution in [2.24, 2.45) is 11.8 Å². The van der Waals surface area contributed by atoms with Gasteiger partial charge < -0.3 is 10.1 Å². The Morgan fingerprint density at radius 2 is 1.77 bits per heavy atom. The smallest absolute Gasteiger partial charge is 0.279 e. The maximum Gasteiger partial charge on any atom is 0.279 e. The van der Waals surface area contributed by atoms with E-state index in [-0.39, 0.29) is 23.2 Å². The number of amides is 1. The van der Waals surface area contributed by atoms with Gasteiger partial charge in [-0.2, -0.15) is 9.78 Å². The van der Waals surface area contributed by atoms with Crippen LogP contribution in [0.25, 0.3) is 16.5 Å². The molecule has 1 aliphatic carbocycles. The number of ether oxygens (including phenoxy) is 1. The first-order valence-corrected chi connectivity index (χ1v) is 10.5. The molecule has 30 heavy (non-hydrogen) atoms. The van der Waals surface area contributed by atoms with E-state index in [9.17, 15) is 9.59 Å². The molecule has 0 radical (unpaired) electrons. The number of carbonyl (C=O) groups is 1. The summed E-state index contributed by atoms with van der Waals surface area (Å²) in [4.78, 5) is 26.3. The molecule has 0 bridgehead atoms. The van der Waals surface area contributed by atoms with Crippen LogP contribution >= 0.6 is 0 Å². The van der Waals surface area contributed by atoms with Crippen LogP contribution in [0.1, 0.15) is 43.6 Å². The Hall–Kier alpha value is -3.15. The molecule has 6 heteroatoms. The van der Waals surface area contributed by atoms with E-state index in [1.807, 2.05) is 6.07 Å². The van der Waals surface area contributed by atoms with Crippen molar-refractivity contribution < 1.29 is 9.53 Å². The molecule has 4 rings (SSSR count). The van der Waals surface area contributed by atoms with Crippen LogP contribution in [0.5, 0.6) is 5.75 Å². The second-order valence-electron chi connectivity index (χ2n) is 8.16. The van der Waals surface area contributed by atoms with Crippen LogP contribution < -0.4 is 15.6 Å². The minimum Gasteiger partial charge on any atom is -0.497 e. The molecule has 2 aromatic carbocycles. The predicted octanol–water partition coefficient (Wildman–Crippen LogP) is 3.95. The lowest BCUT2D eigenvalue weighted by molar-refractivity contribution is 0.0886. The van der Waals surface area contributed by atoms with Crippen LogP contribution in [0, 0.1) is 11.8 Å². The van der Waals surface area contributed by atoms with Crippen molar-refractivity contribution in [1.29, 1.82) is 0 Å². The largest absolute Gasteiger partial charge is 0.497 e. The van der Waals surface area contributed by atoms with Crippen LogP contribution in [-0.4, -0.2) is 28.8 Å². The molecule has 1 aromatic heterocycles. The van der Waals surface area contributed by atoms with Gasteiger partial charge in [0.25, 0.3) is 11.5 Å². The van der Waals surface area contributed by atoms with Crippen molar-refractivity contribution in [2.75, 3.05) is 7.11 Å². The Labute approximate surface area is 175 Å². The number of nitrogens with zero attached hydrogens (tertiary/aromatic N) is 2. The predicted molar refractivity (Wildman–Crippen MR) is 117 cm³/mol. The highest BCUT2D eigenvalue weighted by Gasteiger charge is 2.29. The normalized spacial score (nSPS) is 21.4. The Balaban J connectivity index is 1.77. The van der Waals surface area contributed by atoms with Gasteiger partial charge >= 0.3 is 0 Å². The lowest BCUT2D eigenvalue weighted by Gasteiger charge is -2.34. The van der Waals surface area contributed by atoms with Crippen LogP contribution in [0.3, 0.4) is 0 Å². The number of carbonyl (C=O) groups excluding carboxylic acids is 1. The van der Waals surface area contributed by atoms with Crippen LogP contribution in [0.15, 0.2) is 53.3 Å².